The topological polar surface area (TPSA) is 71.7 Å². The molecule has 0 aromatic carbocycles. The van der Waals surface area contributed by atoms with Crippen molar-refractivity contribution in [3.05, 3.63) is 17.0 Å². The van der Waals surface area contributed by atoms with E-state index in [4.69, 9.17) is 14.3 Å². The van der Waals surface area contributed by atoms with Gasteiger partial charge in [0.15, 0.2) is 5.96 Å². The Balaban J connectivity index is 1.86. The number of nitrogens with zero attached hydrogens (tertiary/aromatic N) is 2. The number of aliphatic imine (C=N–C) groups is 1. The van der Waals surface area contributed by atoms with E-state index in [-0.39, 0.29) is 11.5 Å². The lowest BCUT2D eigenvalue weighted by molar-refractivity contribution is -0.0823. The molecule has 2 unspecified atom stereocenters. The van der Waals surface area contributed by atoms with E-state index in [1.54, 1.807) is 0 Å². The van der Waals surface area contributed by atoms with Crippen LogP contribution in [-0.4, -0.2) is 43.5 Å². The van der Waals surface area contributed by atoms with Crippen LogP contribution in [-0.2, 0) is 11.2 Å². The van der Waals surface area contributed by atoms with Gasteiger partial charge in [-0.25, -0.2) is 0 Å². The van der Waals surface area contributed by atoms with Crippen molar-refractivity contribution in [2.24, 2.45) is 16.3 Å². The molecule has 0 amide bonds. The molecule has 2 rings (SSSR count). The minimum absolute atomic E-state index is 0.154. The zero-order chi connectivity index (χ0) is 19.9. The van der Waals surface area contributed by atoms with Crippen molar-refractivity contribution in [1.29, 1.82) is 0 Å². The third kappa shape index (κ3) is 6.52. The van der Waals surface area contributed by atoms with Crippen molar-refractivity contribution in [3.8, 4) is 0 Å². The Morgan fingerprint density at radius 3 is 2.67 bits per heavy atom. The quantitative estimate of drug-likeness (QED) is 0.431. The Bertz CT molecular complexity index is 584. The molecule has 2 N–H and O–H groups in total. The maximum absolute atomic E-state index is 6.08. The second-order valence-corrected chi connectivity index (χ2v) is 8.61. The molecule has 0 saturated carbocycles. The molecule has 27 heavy (non-hydrogen) atoms. The van der Waals surface area contributed by atoms with E-state index in [9.17, 15) is 0 Å². The third-order valence-corrected chi connectivity index (χ3v) is 5.20. The van der Waals surface area contributed by atoms with Crippen molar-refractivity contribution < 1.29 is 9.26 Å². The molecule has 1 aromatic heterocycles. The number of ether oxygens (including phenoxy) is 1. The largest absolute Gasteiger partial charge is 0.377 e. The molecule has 1 saturated heterocycles. The van der Waals surface area contributed by atoms with Crippen LogP contribution in [0.4, 0.5) is 0 Å². The van der Waals surface area contributed by atoms with E-state index in [1.165, 1.54) is 12.0 Å². The second-order valence-electron chi connectivity index (χ2n) is 8.61. The van der Waals surface area contributed by atoms with Gasteiger partial charge in [0.1, 0.15) is 5.76 Å². The predicted molar refractivity (Wildman–Crippen MR) is 110 cm³/mol. The summed E-state index contributed by atoms with van der Waals surface area (Å²) in [6, 6.07) is 0. The standard InChI is InChI=1S/C21H38N4O2/c1-7-22-20(23-12-8-11-18-15(2)25-27-16(18)3)24-14-17-10-9-13-26-19(17)21(4,5)6/h17,19H,7-14H2,1-6H3,(H2,22,23,24). The first-order valence-electron chi connectivity index (χ1n) is 10.4. The molecule has 2 heterocycles. The van der Waals surface area contributed by atoms with Crippen molar-refractivity contribution in [2.45, 2.75) is 73.3 Å². The fraction of sp³-hybridized carbons (Fsp3) is 0.810. The van der Waals surface area contributed by atoms with E-state index in [0.717, 1.165) is 62.9 Å². The maximum atomic E-state index is 6.08. The molecule has 0 radical (unpaired) electrons. The van der Waals surface area contributed by atoms with Gasteiger partial charge in [0.05, 0.1) is 11.8 Å². The van der Waals surface area contributed by atoms with E-state index >= 15 is 0 Å². The van der Waals surface area contributed by atoms with E-state index in [2.05, 4.69) is 43.5 Å². The summed E-state index contributed by atoms with van der Waals surface area (Å²) in [6.07, 6.45) is 4.59. The fourth-order valence-corrected chi connectivity index (χ4v) is 3.87. The Labute approximate surface area is 164 Å². The van der Waals surface area contributed by atoms with Crippen molar-refractivity contribution in [1.82, 2.24) is 15.8 Å². The van der Waals surface area contributed by atoms with E-state index < -0.39 is 0 Å². The number of aryl methyl sites for hydroxylation is 2. The van der Waals surface area contributed by atoms with Gasteiger partial charge in [-0.05, 0) is 51.9 Å². The first-order valence-corrected chi connectivity index (χ1v) is 10.4. The van der Waals surface area contributed by atoms with Crippen LogP contribution in [0.2, 0.25) is 0 Å². The Morgan fingerprint density at radius 1 is 1.26 bits per heavy atom. The van der Waals surface area contributed by atoms with Crippen LogP contribution in [0, 0.1) is 25.2 Å². The van der Waals surface area contributed by atoms with Crippen LogP contribution in [0.5, 0.6) is 0 Å². The Hall–Kier alpha value is -1.56. The van der Waals surface area contributed by atoms with Gasteiger partial charge in [0.25, 0.3) is 0 Å². The normalized spacial score (nSPS) is 21.3. The molecule has 0 bridgehead atoms. The van der Waals surface area contributed by atoms with Crippen LogP contribution in [0.25, 0.3) is 0 Å². The summed E-state index contributed by atoms with van der Waals surface area (Å²) >= 11 is 0. The summed E-state index contributed by atoms with van der Waals surface area (Å²) in [6.45, 7) is 16.3. The molecular formula is C21H38N4O2. The number of hydrogen-bond acceptors (Lipinski definition) is 4. The molecular weight excluding hydrogens is 340 g/mol. The van der Waals surface area contributed by atoms with Gasteiger partial charge in [-0.3, -0.25) is 4.99 Å². The first kappa shape index (κ1) is 21.7. The third-order valence-electron chi connectivity index (χ3n) is 5.20. The van der Waals surface area contributed by atoms with Crippen LogP contribution in [0.3, 0.4) is 0 Å². The molecule has 1 aliphatic heterocycles. The van der Waals surface area contributed by atoms with Gasteiger partial charge in [-0.2, -0.15) is 0 Å². The average Bonchev–Trinajstić information content (AvgIpc) is 2.94. The zero-order valence-electron chi connectivity index (χ0n) is 18.0. The lowest BCUT2D eigenvalue weighted by atomic mass is 9.78. The highest BCUT2D eigenvalue weighted by molar-refractivity contribution is 5.79. The van der Waals surface area contributed by atoms with Gasteiger partial charge in [-0.15, -0.1) is 0 Å². The molecule has 1 aliphatic rings. The van der Waals surface area contributed by atoms with E-state index in [0.29, 0.717) is 5.92 Å². The highest BCUT2D eigenvalue weighted by Crippen LogP contribution is 2.34. The molecule has 1 aromatic rings. The summed E-state index contributed by atoms with van der Waals surface area (Å²) in [5, 5.41) is 10.8. The van der Waals surface area contributed by atoms with Gasteiger partial charge in [0, 0.05) is 37.7 Å². The summed E-state index contributed by atoms with van der Waals surface area (Å²) in [5.74, 6) is 2.31. The van der Waals surface area contributed by atoms with Crippen LogP contribution in [0.15, 0.2) is 9.52 Å². The van der Waals surface area contributed by atoms with Crippen LogP contribution in [0.1, 0.15) is 64.0 Å². The summed E-state index contributed by atoms with van der Waals surface area (Å²) < 4.78 is 11.3. The summed E-state index contributed by atoms with van der Waals surface area (Å²) in [5.41, 5.74) is 2.38. The highest BCUT2D eigenvalue weighted by Gasteiger charge is 2.35. The minimum atomic E-state index is 0.154. The average molecular weight is 379 g/mol. The summed E-state index contributed by atoms with van der Waals surface area (Å²) in [4.78, 5) is 4.85. The van der Waals surface area contributed by atoms with Gasteiger partial charge in [0.2, 0.25) is 0 Å². The predicted octanol–water partition coefficient (Wildman–Crippen LogP) is 3.62. The van der Waals surface area contributed by atoms with E-state index in [1.807, 2.05) is 13.8 Å². The van der Waals surface area contributed by atoms with Crippen LogP contribution >= 0.6 is 0 Å². The number of aromatic nitrogens is 1. The second kappa shape index (κ2) is 10.1. The van der Waals surface area contributed by atoms with Gasteiger partial charge >= 0.3 is 0 Å². The van der Waals surface area contributed by atoms with Crippen molar-refractivity contribution in [2.75, 3.05) is 26.2 Å². The molecule has 1 fully saturated rings. The Kier molecular flexibility index (Phi) is 8.14. The Morgan fingerprint density at radius 2 is 2.04 bits per heavy atom. The molecule has 6 heteroatoms. The smallest absolute Gasteiger partial charge is 0.191 e. The van der Waals surface area contributed by atoms with Gasteiger partial charge in [-0.1, -0.05) is 25.9 Å². The summed E-state index contributed by atoms with van der Waals surface area (Å²) in [7, 11) is 0. The van der Waals surface area contributed by atoms with Crippen molar-refractivity contribution >= 4 is 5.96 Å². The number of nitrogens with one attached hydrogen (secondary N) is 2. The number of guanidine groups is 1. The SMILES string of the molecule is CCNC(=NCC1CCCOC1C(C)(C)C)NCCCc1c(C)noc1C. The zero-order valence-corrected chi connectivity index (χ0v) is 18.0. The fourth-order valence-electron chi connectivity index (χ4n) is 3.87. The first-order chi connectivity index (χ1) is 12.8. The maximum Gasteiger partial charge on any atom is 0.191 e. The number of hydrogen-bond donors (Lipinski definition) is 2. The van der Waals surface area contributed by atoms with Crippen LogP contribution < -0.4 is 10.6 Å². The van der Waals surface area contributed by atoms with Gasteiger partial charge < -0.3 is 19.9 Å². The molecule has 154 valence electrons. The molecule has 0 aliphatic carbocycles. The lowest BCUT2D eigenvalue weighted by Gasteiger charge is -2.39. The minimum Gasteiger partial charge on any atom is -0.377 e. The van der Waals surface area contributed by atoms with Crippen molar-refractivity contribution in [3.63, 3.8) is 0 Å². The lowest BCUT2D eigenvalue weighted by Crippen LogP contribution is -2.43. The monoisotopic (exact) mass is 378 g/mol. The highest BCUT2D eigenvalue weighted by atomic mass is 16.5. The molecule has 0 spiro atoms. The molecule has 2 atom stereocenters. The molecule has 6 nitrogen and oxygen atoms in total. The number of rotatable bonds is 7.